The van der Waals surface area contributed by atoms with Crippen molar-refractivity contribution < 1.29 is 0 Å². The van der Waals surface area contributed by atoms with Crippen molar-refractivity contribution in [3.8, 4) is 0 Å². The standard InChI is InChI=1S/C6H12N2S/c7-5-1-2-8-4-9-3-6(5)8/h5-6H,1-4,7H2/t5?,6-/m1/s1. The van der Waals surface area contributed by atoms with E-state index in [2.05, 4.69) is 4.90 Å². The van der Waals surface area contributed by atoms with E-state index >= 15 is 0 Å². The Morgan fingerprint density at radius 1 is 1.56 bits per heavy atom. The third-order valence-electron chi connectivity index (χ3n) is 2.26. The topological polar surface area (TPSA) is 29.3 Å². The van der Waals surface area contributed by atoms with Gasteiger partial charge >= 0.3 is 0 Å². The molecule has 2 rings (SSSR count). The zero-order valence-electron chi connectivity index (χ0n) is 5.42. The summed E-state index contributed by atoms with van der Waals surface area (Å²) in [5.74, 6) is 2.49. The van der Waals surface area contributed by atoms with Crippen LogP contribution in [0.1, 0.15) is 6.42 Å². The van der Waals surface area contributed by atoms with Crippen LogP contribution in [0.25, 0.3) is 0 Å². The van der Waals surface area contributed by atoms with E-state index in [1.165, 1.54) is 24.6 Å². The predicted octanol–water partition coefficient (Wildman–Crippen LogP) is 0.0923. The Kier molecular flexibility index (Phi) is 1.43. The molecule has 1 unspecified atom stereocenters. The largest absolute Gasteiger partial charge is 0.326 e. The first-order chi connectivity index (χ1) is 4.38. The van der Waals surface area contributed by atoms with Crippen molar-refractivity contribution in [1.29, 1.82) is 0 Å². The molecule has 2 saturated heterocycles. The summed E-state index contributed by atoms with van der Waals surface area (Å²) >= 11 is 2.02. The van der Waals surface area contributed by atoms with Gasteiger partial charge in [-0.05, 0) is 6.42 Å². The molecule has 9 heavy (non-hydrogen) atoms. The van der Waals surface area contributed by atoms with Crippen molar-refractivity contribution in [2.24, 2.45) is 5.73 Å². The van der Waals surface area contributed by atoms with Crippen LogP contribution in [0.5, 0.6) is 0 Å². The number of nitrogens with two attached hydrogens (primary N) is 1. The maximum Gasteiger partial charge on any atom is 0.0448 e. The third-order valence-corrected chi connectivity index (χ3v) is 3.35. The fourth-order valence-electron chi connectivity index (χ4n) is 1.62. The Bertz CT molecular complexity index is 118. The van der Waals surface area contributed by atoms with Gasteiger partial charge in [0.1, 0.15) is 0 Å². The van der Waals surface area contributed by atoms with Crippen LogP contribution in [-0.2, 0) is 0 Å². The van der Waals surface area contributed by atoms with Crippen molar-refractivity contribution >= 4 is 11.8 Å². The minimum Gasteiger partial charge on any atom is -0.326 e. The van der Waals surface area contributed by atoms with E-state index in [-0.39, 0.29) is 0 Å². The molecule has 0 aromatic rings. The van der Waals surface area contributed by atoms with Gasteiger partial charge in [0.25, 0.3) is 0 Å². The molecule has 0 bridgehead atoms. The molecule has 0 amide bonds. The van der Waals surface area contributed by atoms with Crippen LogP contribution in [0.4, 0.5) is 0 Å². The quantitative estimate of drug-likeness (QED) is 0.522. The number of hydrogen-bond acceptors (Lipinski definition) is 3. The van der Waals surface area contributed by atoms with E-state index in [0.717, 1.165) is 6.04 Å². The summed E-state index contributed by atoms with van der Waals surface area (Å²) in [5.41, 5.74) is 5.86. The molecular weight excluding hydrogens is 132 g/mol. The highest BCUT2D eigenvalue weighted by molar-refractivity contribution is 7.99. The molecule has 3 heteroatoms. The van der Waals surface area contributed by atoms with Crippen molar-refractivity contribution in [3.63, 3.8) is 0 Å². The lowest BCUT2D eigenvalue weighted by Gasteiger charge is -2.14. The molecule has 0 aromatic carbocycles. The average molecular weight is 144 g/mol. The normalized spacial score (nSPS) is 43.7. The van der Waals surface area contributed by atoms with Crippen LogP contribution in [0.15, 0.2) is 0 Å². The Balaban J connectivity index is 2.07. The van der Waals surface area contributed by atoms with Crippen molar-refractivity contribution in [2.45, 2.75) is 18.5 Å². The maximum atomic E-state index is 5.86. The summed E-state index contributed by atoms with van der Waals surface area (Å²) < 4.78 is 0. The van der Waals surface area contributed by atoms with Gasteiger partial charge in [-0.1, -0.05) is 0 Å². The second kappa shape index (κ2) is 2.15. The highest BCUT2D eigenvalue weighted by Gasteiger charge is 2.35. The minimum absolute atomic E-state index is 0.472. The molecule has 2 fully saturated rings. The maximum absolute atomic E-state index is 5.86. The first kappa shape index (κ1) is 6.01. The summed E-state index contributed by atoms with van der Waals surface area (Å²) in [6, 6.07) is 1.19. The van der Waals surface area contributed by atoms with E-state index in [0.29, 0.717) is 6.04 Å². The van der Waals surface area contributed by atoms with Gasteiger partial charge in [-0.3, -0.25) is 4.90 Å². The number of fused-ring (bicyclic) bond motifs is 1. The summed E-state index contributed by atoms with van der Waals surface area (Å²) in [6.07, 6.45) is 1.21. The zero-order valence-corrected chi connectivity index (χ0v) is 6.23. The van der Waals surface area contributed by atoms with Gasteiger partial charge in [-0.25, -0.2) is 0 Å². The lowest BCUT2D eigenvalue weighted by atomic mass is 10.2. The fourth-order valence-corrected chi connectivity index (χ4v) is 2.98. The van der Waals surface area contributed by atoms with Gasteiger partial charge in [-0.2, -0.15) is 0 Å². The van der Waals surface area contributed by atoms with Crippen LogP contribution < -0.4 is 5.73 Å². The van der Waals surface area contributed by atoms with E-state index in [4.69, 9.17) is 5.73 Å². The molecule has 2 nitrogen and oxygen atoms in total. The first-order valence-corrected chi connectivity index (χ1v) is 4.61. The van der Waals surface area contributed by atoms with Crippen LogP contribution in [-0.4, -0.2) is 35.2 Å². The third kappa shape index (κ3) is 0.876. The highest BCUT2D eigenvalue weighted by atomic mass is 32.2. The number of thioether (sulfide) groups is 1. The molecule has 0 aliphatic carbocycles. The molecule has 2 heterocycles. The van der Waals surface area contributed by atoms with Gasteiger partial charge in [0.15, 0.2) is 0 Å². The van der Waals surface area contributed by atoms with E-state index in [1.54, 1.807) is 0 Å². The van der Waals surface area contributed by atoms with E-state index in [9.17, 15) is 0 Å². The molecule has 0 spiro atoms. The molecule has 52 valence electrons. The SMILES string of the molecule is NC1CCN2CSC[C@H]12. The van der Waals surface area contributed by atoms with E-state index in [1.807, 2.05) is 11.8 Å². The van der Waals surface area contributed by atoms with Gasteiger partial charge in [-0.15, -0.1) is 11.8 Å². The van der Waals surface area contributed by atoms with Gasteiger partial charge < -0.3 is 5.73 Å². The second-order valence-corrected chi connectivity index (χ2v) is 3.83. The van der Waals surface area contributed by atoms with Crippen molar-refractivity contribution in [1.82, 2.24) is 4.90 Å². The summed E-state index contributed by atoms with van der Waals surface area (Å²) in [4.78, 5) is 2.50. The second-order valence-electron chi connectivity index (χ2n) is 2.83. The van der Waals surface area contributed by atoms with Crippen LogP contribution in [0.3, 0.4) is 0 Å². The molecule has 2 atom stereocenters. The number of nitrogens with zero attached hydrogens (tertiary/aromatic N) is 1. The number of rotatable bonds is 0. The lowest BCUT2D eigenvalue weighted by molar-refractivity contribution is 0.327. The molecule has 0 aromatic heterocycles. The fraction of sp³-hybridized carbons (Fsp3) is 1.00. The monoisotopic (exact) mass is 144 g/mol. The van der Waals surface area contributed by atoms with Crippen LogP contribution in [0.2, 0.25) is 0 Å². The van der Waals surface area contributed by atoms with Gasteiger partial charge in [0, 0.05) is 30.3 Å². The summed E-state index contributed by atoms with van der Waals surface area (Å²) in [7, 11) is 0. The van der Waals surface area contributed by atoms with Crippen molar-refractivity contribution in [3.05, 3.63) is 0 Å². The van der Waals surface area contributed by atoms with Gasteiger partial charge in [0.05, 0.1) is 0 Å². The molecule has 2 N–H and O–H groups in total. The van der Waals surface area contributed by atoms with Gasteiger partial charge in [0.2, 0.25) is 0 Å². The molecule has 0 saturated carbocycles. The van der Waals surface area contributed by atoms with Crippen molar-refractivity contribution in [2.75, 3.05) is 18.2 Å². The molecular formula is C6H12N2S. The average Bonchev–Trinajstić information content (AvgIpc) is 2.35. The van der Waals surface area contributed by atoms with E-state index < -0.39 is 0 Å². The Labute approximate surface area is 59.8 Å². The summed E-state index contributed by atoms with van der Waals surface area (Å²) in [5, 5.41) is 0. The predicted molar refractivity (Wildman–Crippen MR) is 40.4 cm³/mol. The summed E-state index contributed by atoms with van der Waals surface area (Å²) in [6.45, 7) is 1.23. The van der Waals surface area contributed by atoms with Crippen LogP contribution in [0, 0.1) is 0 Å². The number of hydrogen-bond donors (Lipinski definition) is 1. The van der Waals surface area contributed by atoms with Crippen LogP contribution >= 0.6 is 11.8 Å². The molecule has 2 aliphatic rings. The lowest BCUT2D eigenvalue weighted by Crippen LogP contribution is -2.36. The smallest absolute Gasteiger partial charge is 0.0448 e. The highest BCUT2D eigenvalue weighted by Crippen LogP contribution is 2.28. The zero-order chi connectivity index (χ0) is 6.27. The Morgan fingerprint density at radius 2 is 2.44 bits per heavy atom. The first-order valence-electron chi connectivity index (χ1n) is 3.45. The minimum atomic E-state index is 0.472. The Morgan fingerprint density at radius 3 is 3.22 bits per heavy atom. The Hall–Kier alpha value is 0.270. The molecule has 0 radical (unpaired) electrons. The molecule has 2 aliphatic heterocycles.